The van der Waals surface area contributed by atoms with Crippen LogP contribution in [0.3, 0.4) is 0 Å². The zero-order valence-electron chi connectivity index (χ0n) is 26.1. The number of hydrogen-bond acceptors (Lipinski definition) is 7. The highest BCUT2D eigenvalue weighted by Gasteiger charge is 2.35. The van der Waals surface area contributed by atoms with Gasteiger partial charge in [0.15, 0.2) is 0 Å². The van der Waals surface area contributed by atoms with Crippen LogP contribution >= 0.6 is 0 Å². The van der Waals surface area contributed by atoms with E-state index in [-0.39, 0.29) is 28.7 Å². The van der Waals surface area contributed by atoms with Gasteiger partial charge < -0.3 is 9.64 Å². The Morgan fingerprint density at radius 1 is 0.911 bits per heavy atom. The molecule has 0 spiro atoms. The summed E-state index contributed by atoms with van der Waals surface area (Å²) in [5, 5.41) is 0. The maximum atomic E-state index is 14.1. The molecule has 9 nitrogen and oxygen atoms in total. The maximum Gasteiger partial charge on any atom is 0.264 e. The molecule has 2 aliphatic rings. The van der Waals surface area contributed by atoms with Crippen LogP contribution in [-0.4, -0.2) is 65.9 Å². The van der Waals surface area contributed by atoms with Gasteiger partial charge in [-0.2, -0.15) is 4.98 Å². The number of sulfonamides is 1. The van der Waals surface area contributed by atoms with Crippen molar-refractivity contribution in [2.24, 2.45) is 5.92 Å². The van der Waals surface area contributed by atoms with Crippen LogP contribution in [0.4, 0.5) is 5.95 Å². The van der Waals surface area contributed by atoms with Crippen molar-refractivity contribution in [2.45, 2.75) is 57.7 Å². The number of hydrogen-bond donors (Lipinski definition) is 1. The van der Waals surface area contributed by atoms with Crippen molar-refractivity contribution in [2.75, 3.05) is 24.4 Å². The molecule has 6 bridgehead atoms. The minimum Gasteiger partial charge on any atom is -0.471 e. The summed E-state index contributed by atoms with van der Waals surface area (Å²) in [6.45, 7) is 10.4. The number of amides is 1. The van der Waals surface area contributed by atoms with E-state index in [1.54, 1.807) is 18.2 Å². The molecular formula is C35H39N5O4S. The van der Waals surface area contributed by atoms with E-state index in [9.17, 15) is 13.2 Å². The standard InChI is InChI=1S/C35H39N5O4S/c1-23(2)16-28-20-40-22-29(21-39(28)19-26-12-6-5-7-13-26)44-32-18-31(33-24(3)10-8-11-25(33)4)36-35(37-32)38-45(42,43)30-15-9-14-27(17-30)34(40)41/h5-15,17-18,23,28-29H,16,19-22H2,1-4H3,(H,36,37,38)/t28-,29+/m0/s1. The van der Waals surface area contributed by atoms with Crippen molar-refractivity contribution in [3.05, 3.63) is 101 Å². The number of nitrogens with one attached hydrogen (secondary N) is 1. The number of ether oxygens (including phenoxy) is 1. The van der Waals surface area contributed by atoms with Crippen LogP contribution in [0.5, 0.6) is 5.88 Å². The predicted octanol–water partition coefficient (Wildman–Crippen LogP) is 5.69. The normalized spacial score (nSPS) is 19.8. The van der Waals surface area contributed by atoms with Crippen LogP contribution in [0, 0.1) is 19.8 Å². The lowest BCUT2D eigenvalue weighted by atomic mass is 10.00. The molecule has 0 aliphatic carbocycles. The van der Waals surface area contributed by atoms with Gasteiger partial charge in [0.25, 0.3) is 15.9 Å². The molecule has 4 aromatic rings. The van der Waals surface area contributed by atoms with Gasteiger partial charge in [-0.1, -0.05) is 68.4 Å². The summed E-state index contributed by atoms with van der Waals surface area (Å²) in [4.78, 5) is 27.5. The number of anilines is 1. The average molecular weight is 626 g/mol. The number of benzene rings is 3. The molecule has 1 fully saturated rings. The number of fused-ring (bicyclic) bond motifs is 6. The second-order valence-electron chi connectivity index (χ2n) is 12.5. The minimum atomic E-state index is -4.11. The highest BCUT2D eigenvalue weighted by Crippen LogP contribution is 2.31. The third-order valence-electron chi connectivity index (χ3n) is 8.41. The summed E-state index contributed by atoms with van der Waals surface area (Å²) < 4.78 is 36.3. The van der Waals surface area contributed by atoms with Crippen LogP contribution in [0.2, 0.25) is 0 Å². The van der Waals surface area contributed by atoms with Crippen molar-refractivity contribution < 1.29 is 17.9 Å². The van der Waals surface area contributed by atoms with Crippen molar-refractivity contribution >= 4 is 21.9 Å². The number of aryl methyl sites for hydroxylation is 2. The second-order valence-corrected chi connectivity index (χ2v) is 14.1. The first-order valence-electron chi connectivity index (χ1n) is 15.4. The van der Waals surface area contributed by atoms with Crippen molar-refractivity contribution in [1.82, 2.24) is 19.8 Å². The van der Waals surface area contributed by atoms with Gasteiger partial charge in [0.1, 0.15) is 6.10 Å². The fraction of sp³-hybridized carbons (Fsp3) is 0.343. The molecule has 2 aliphatic heterocycles. The summed E-state index contributed by atoms with van der Waals surface area (Å²) in [6, 6.07) is 24.3. The first-order valence-corrected chi connectivity index (χ1v) is 16.9. The monoisotopic (exact) mass is 625 g/mol. The Labute approximate surface area is 265 Å². The Morgan fingerprint density at radius 3 is 2.38 bits per heavy atom. The van der Waals surface area contributed by atoms with E-state index >= 15 is 0 Å². The molecular weight excluding hydrogens is 586 g/mol. The molecule has 234 valence electrons. The van der Waals surface area contributed by atoms with Gasteiger partial charge in [-0.15, -0.1) is 0 Å². The van der Waals surface area contributed by atoms with Gasteiger partial charge in [-0.3, -0.25) is 9.69 Å². The number of carbonyl (C=O) groups excluding carboxylic acids is 1. The maximum absolute atomic E-state index is 14.1. The predicted molar refractivity (Wildman–Crippen MR) is 175 cm³/mol. The van der Waals surface area contributed by atoms with E-state index in [1.807, 2.05) is 55.1 Å². The Bertz CT molecular complexity index is 1790. The Kier molecular flexibility index (Phi) is 8.61. The summed E-state index contributed by atoms with van der Waals surface area (Å²) in [5.74, 6) is 0.317. The summed E-state index contributed by atoms with van der Waals surface area (Å²) in [5.41, 5.74) is 4.92. The van der Waals surface area contributed by atoms with E-state index in [2.05, 4.69) is 45.6 Å². The lowest BCUT2D eigenvalue weighted by Crippen LogP contribution is -2.43. The molecule has 0 unspecified atom stereocenters. The topological polar surface area (TPSA) is 105 Å². The SMILES string of the molecule is Cc1cccc(C)c1-c1cc2nc(n1)NS(=O)(=O)c1cccc(c1)C(=O)N1C[C@@H](CN(Cc3ccccc3)[C@@H](CC(C)C)C1)O2. The lowest BCUT2D eigenvalue weighted by molar-refractivity contribution is 0.0681. The van der Waals surface area contributed by atoms with Crippen molar-refractivity contribution in [1.29, 1.82) is 0 Å². The van der Waals surface area contributed by atoms with Gasteiger partial charge in [-0.05, 0) is 61.1 Å². The largest absolute Gasteiger partial charge is 0.471 e. The Balaban J connectivity index is 1.49. The quantitative estimate of drug-likeness (QED) is 0.304. The molecule has 1 amide bonds. The first kappa shape index (κ1) is 30.7. The zero-order chi connectivity index (χ0) is 31.7. The van der Waals surface area contributed by atoms with Crippen LogP contribution < -0.4 is 9.46 Å². The summed E-state index contributed by atoms with van der Waals surface area (Å²) >= 11 is 0. The van der Waals surface area contributed by atoms with Gasteiger partial charge >= 0.3 is 0 Å². The van der Waals surface area contributed by atoms with Crippen molar-refractivity contribution in [3.8, 4) is 17.1 Å². The fourth-order valence-electron chi connectivity index (χ4n) is 6.38. The molecule has 1 aromatic heterocycles. The third kappa shape index (κ3) is 6.87. The molecule has 45 heavy (non-hydrogen) atoms. The minimum absolute atomic E-state index is 0.0352. The van der Waals surface area contributed by atoms with Gasteiger partial charge in [0.05, 0.1) is 17.1 Å². The van der Waals surface area contributed by atoms with E-state index in [0.29, 0.717) is 43.4 Å². The third-order valence-corrected chi connectivity index (χ3v) is 9.74. The molecule has 3 heterocycles. The Morgan fingerprint density at radius 2 is 1.64 bits per heavy atom. The molecule has 6 rings (SSSR count). The zero-order valence-corrected chi connectivity index (χ0v) is 26.9. The molecule has 0 saturated carbocycles. The van der Waals surface area contributed by atoms with Gasteiger partial charge in [0.2, 0.25) is 11.8 Å². The highest BCUT2D eigenvalue weighted by molar-refractivity contribution is 7.92. The second kappa shape index (κ2) is 12.6. The number of rotatable bonds is 5. The number of nitrogens with zero attached hydrogens (tertiary/aromatic N) is 4. The van der Waals surface area contributed by atoms with E-state index < -0.39 is 16.1 Å². The molecule has 0 radical (unpaired) electrons. The average Bonchev–Trinajstić information content (AvgIpc) is 3.15. The van der Waals surface area contributed by atoms with Crippen molar-refractivity contribution in [3.63, 3.8) is 0 Å². The van der Waals surface area contributed by atoms with E-state index in [1.165, 1.54) is 17.7 Å². The molecule has 1 N–H and O–H groups in total. The smallest absolute Gasteiger partial charge is 0.264 e. The molecule has 3 aromatic carbocycles. The fourth-order valence-corrected chi connectivity index (χ4v) is 7.37. The summed E-state index contributed by atoms with van der Waals surface area (Å²) in [7, 11) is -4.11. The first-order chi connectivity index (χ1) is 21.6. The highest BCUT2D eigenvalue weighted by atomic mass is 32.2. The van der Waals surface area contributed by atoms with Crippen LogP contribution in [0.25, 0.3) is 11.3 Å². The number of carbonyl (C=O) groups is 1. The molecule has 10 heteroatoms. The van der Waals surface area contributed by atoms with Gasteiger partial charge in [0, 0.05) is 42.9 Å². The van der Waals surface area contributed by atoms with E-state index in [4.69, 9.17) is 4.74 Å². The molecule has 1 saturated heterocycles. The van der Waals surface area contributed by atoms with Crippen LogP contribution in [0.15, 0.2) is 83.8 Å². The van der Waals surface area contributed by atoms with E-state index in [0.717, 1.165) is 23.1 Å². The summed E-state index contributed by atoms with van der Waals surface area (Å²) in [6.07, 6.45) is 0.444. The van der Waals surface area contributed by atoms with Crippen LogP contribution in [0.1, 0.15) is 47.3 Å². The van der Waals surface area contributed by atoms with Crippen LogP contribution in [-0.2, 0) is 16.6 Å². The Hall–Kier alpha value is -4.28. The number of aromatic nitrogens is 2. The van der Waals surface area contributed by atoms with Gasteiger partial charge in [-0.25, -0.2) is 18.1 Å². The lowest BCUT2D eigenvalue weighted by Gasteiger charge is -2.33. The molecule has 2 atom stereocenters.